The molecule has 1 rings (SSSR count). The van der Waals surface area contributed by atoms with E-state index in [0.717, 1.165) is 0 Å². The van der Waals surface area contributed by atoms with Gasteiger partial charge in [0.15, 0.2) is 0 Å². The lowest BCUT2D eigenvalue weighted by Gasteiger charge is -2.11. The first-order chi connectivity index (χ1) is 7.00. The predicted molar refractivity (Wildman–Crippen MR) is 59.1 cm³/mol. The molecule has 0 saturated heterocycles. The summed E-state index contributed by atoms with van der Waals surface area (Å²) in [6.07, 6.45) is 0. The van der Waals surface area contributed by atoms with Gasteiger partial charge in [-0.25, -0.2) is 0 Å². The number of carbonyl (C=O) groups excluding carboxylic acids is 1. The van der Waals surface area contributed by atoms with Gasteiger partial charge >= 0.3 is 0 Å². The molecule has 0 aromatic heterocycles. The molecule has 0 bridgehead atoms. The maximum atomic E-state index is 11.1. The third-order valence-corrected chi connectivity index (χ3v) is 1.94. The Hall–Kier alpha value is -1.26. The molecule has 0 spiro atoms. The van der Waals surface area contributed by atoms with Gasteiger partial charge in [0.25, 0.3) is 5.91 Å². The lowest BCUT2D eigenvalue weighted by atomic mass is 10.2. The first-order valence-electron chi connectivity index (χ1n) is 4.48. The van der Waals surface area contributed by atoms with Gasteiger partial charge in [0.2, 0.25) is 0 Å². The SMILES string of the molecule is C[C@H](N)COc1ccc(Cl)cc1C(N)=O. The van der Waals surface area contributed by atoms with Gasteiger partial charge in [-0.15, -0.1) is 0 Å². The third kappa shape index (κ3) is 3.42. The van der Waals surface area contributed by atoms with Crippen LogP contribution in [0.15, 0.2) is 18.2 Å². The monoisotopic (exact) mass is 228 g/mol. The van der Waals surface area contributed by atoms with E-state index in [0.29, 0.717) is 17.4 Å². The Labute approximate surface area is 93.1 Å². The van der Waals surface area contributed by atoms with Gasteiger partial charge in [-0.3, -0.25) is 4.79 Å². The van der Waals surface area contributed by atoms with Gasteiger partial charge < -0.3 is 16.2 Å². The highest BCUT2D eigenvalue weighted by Crippen LogP contribution is 2.22. The number of halogens is 1. The minimum absolute atomic E-state index is 0.110. The fraction of sp³-hybridized carbons (Fsp3) is 0.300. The molecule has 4 nitrogen and oxygen atoms in total. The van der Waals surface area contributed by atoms with E-state index in [1.165, 1.54) is 6.07 Å². The van der Waals surface area contributed by atoms with Crippen LogP contribution >= 0.6 is 11.6 Å². The van der Waals surface area contributed by atoms with Crippen molar-refractivity contribution in [3.63, 3.8) is 0 Å². The van der Waals surface area contributed by atoms with Crippen molar-refractivity contribution in [1.29, 1.82) is 0 Å². The highest BCUT2D eigenvalue weighted by Gasteiger charge is 2.10. The summed E-state index contributed by atoms with van der Waals surface area (Å²) in [5.74, 6) is -0.165. The van der Waals surface area contributed by atoms with E-state index in [-0.39, 0.29) is 11.6 Å². The quantitative estimate of drug-likeness (QED) is 0.812. The lowest BCUT2D eigenvalue weighted by Crippen LogP contribution is -2.24. The summed E-state index contributed by atoms with van der Waals surface area (Å²) in [5, 5.41) is 0.442. The van der Waals surface area contributed by atoms with Gasteiger partial charge in [-0.1, -0.05) is 11.6 Å². The maximum Gasteiger partial charge on any atom is 0.252 e. The summed E-state index contributed by atoms with van der Waals surface area (Å²) < 4.78 is 5.33. The van der Waals surface area contributed by atoms with Gasteiger partial charge in [0.1, 0.15) is 12.4 Å². The van der Waals surface area contributed by atoms with Crippen molar-refractivity contribution >= 4 is 17.5 Å². The van der Waals surface area contributed by atoms with Crippen molar-refractivity contribution in [2.24, 2.45) is 11.5 Å². The van der Waals surface area contributed by atoms with E-state index in [1.807, 2.05) is 0 Å². The molecule has 82 valence electrons. The summed E-state index contributed by atoms with van der Waals surface area (Å²) in [5.41, 5.74) is 11.0. The normalized spacial score (nSPS) is 12.2. The third-order valence-electron chi connectivity index (χ3n) is 1.71. The number of hydrogen-bond donors (Lipinski definition) is 2. The molecular weight excluding hydrogens is 216 g/mol. The number of hydrogen-bond acceptors (Lipinski definition) is 3. The van der Waals surface area contributed by atoms with Crippen LogP contribution in [0.5, 0.6) is 5.75 Å². The Kier molecular flexibility index (Phi) is 3.94. The number of primary amides is 1. The first-order valence-corrected chi connectivity index (χ1v) is 4.86. The molecule has 1 aromatic carbocycles. The largest absolute Gasteiger partial charge is 0.491 e. The molecule has 1 aromatic rings. The van der Waals surface area contributed by atoms with Gasteiger partial charge in [0, 0.05) is 11.1 Å². The van der Waals surface area contributed by atoms with Gasteiger partial charge in [-0.05, 0) is 25.1 Å². The molecule has 4 N–H and O–H groups in total. The summed E-state index contributed by atoms with van der Waals surface area (Å²) in [6, 6.07) is 4.59. The fourth-order valence-corrected chi connectivity index (χ4v) is 1.21. The standard InChI is InChI=1S/C10H13ClN2O2/c1-6(12)5-15-9-3-2-7(11)4-8(9)10(13)14/h2-4,6H,5,12H2,1H3,(H2,13,14)/t6-/m0/s1. The highest BCUT2D eigenvalue weighted by atomic mass is 35.5. The second-order valence-electron chi connectivity index (χ2n) is 3.29. The Bertz CT molecular complexity index is 366. The van der Waals surface area contributed by atoms with E-state index in [2.05, 4.69) is 0 Å². The van der Waals surface area contributed by atoms with E-state index < -0.39 is 5.91 Å². The fourth-order valence-electron chi connectivity index (χ4n) is 1.04. The molecule has 0 aliphatic rings. The van der Waals surface area contributed by atoms with Crippen molar-refractivity contribution in [2.75, 3.05) is 6.61 Å². The number of ether oxygens (including phenoxy) is 1. The Morgan fingerprint density at radius 2 is 2.27 bits per heavy atom. The lowest BCUT2D eigenvalue weighted by molar-refractivity contribution is 0.0996. The van der Waals surface area contributed by atoms with Crippen molar-refractivity contribution in [3.05, 3.63) is 28.8 Å². The van der Waals surface area contributed by atoms with Crippen LogP contribution in [0.4, 0.5) is 0 Å². The number of benzene rings is 1. The number of nitrogens with two attached hydrogens (primary N) is 2. The molecule has 0 aliphatic carbocycles. The van der Waals surface area contributed by atoms with E-state index in [4.69, 9.17) is 27.8 Å². The zero-order chi connectivity index (χ0) is 11.4. The molecule has 0 aliphatic heterocycles. The maximum absolute atomic E-state index is 11.1. The molecule has 0 fully saturated rings. The number of carbonyl (C=O) groups is 1. The van der Waals surface area contributed by atoms with Crippen LogP contribution in [0, 0.1) is 0 Å². The summed E-state index contributed by atoms with van der Waals surface area (Å²) in [4.78, 5) is 11.1. The van der Waals surface area contributed by atoms with Crippen molar-refractivity contribution in [2.45, 2.75) is 13.0 Å². The first kappa shape index (κ1) is 11.8. The highest BCUT2D eigenvalue weighted by molar-refractivity contribution is 6.31. The second kappa shape index (κ2) is 5.00. The molecule has 1 atom stereocenters. The molecule has 0 heterocycles. The Morgan fingerprint density at radius 3 is 2.80 bits per heavy atom. The second-order valence-corrected chi connectivity index (χ2v) is 3.73. The van der Waals surface area contributed by atoms with Crippen LogP contribution in [0.25, 0.3) is 0 Å². The van der Waals surface area contributed by atoms with Crippen LogP contribution in [-0.2, 0) is 0 Å². The average molecular weight is 229 g/mol. The van der Waals surface area contributed by atoms with Gasteiger partial charge in [-0.2, -0.15) is 0 Å². The van der Waals surface area contributed by atoms with Crippen molar-refractivity contribution < 1.29 is 9.53 Å². The molecule has 15 heavy (non-hydrogen) atoms. The summed E-state index contributed by atoms with van der Waals surface area (Å²) >= 11 is 5.74. The molecule has 0 saturated carbocycles. The zero-order valence-corrected chi connectivity index (χ0v) is 9.12. The Balaban J connectivity index is 2.91. The zero-order valence-electron chi connectivity index (χ0n) is 8.37. The van der Waals surface area contributed by atoms with Crippen LogP contribution < -0.4 is 16.2 Å². The number of amides is 1. The average Bonchev–Trinajstić information content (AvgIpc) is 2.15. The van der Waals surface area contributed by atoms with E-state index in [9.17, 15) is 4.79 Å². The molecule has 1 amide bonds. The minimum Gasteiger partial charge on any atom is -0.491 e. The van der Waals surface area contributed by atoms with E-state index in [1.54, 1.807) is 19.1 Å². The van der Waals surface area contributed by atoms with E-state index >= 15 is 0 Å². The summed E-state index contributed by atoms with van der Waals surface area (Å²) in [6.45, 7) is 2.13. The molecule has 0 radical (unpaired) electrons. The molecule has 0 unspecified atom stereocenters. The summed E-state index contributed by atoms with van der Waals surface area (Å²) in [7, 11) is 0. The smallest absolute Gasteiger partial charge is 0.252 e. The number of rotatable bonds is 4. The van der Waals surface area contributed by atoms with Crippen LogP contribution in [-0.4, -0.2) is 18.6 Å². The van der Waals surface area contributed by atoms with Crippen molar-refractivity contribution in [1.82, 2.24) is 0 Å². The topological polar surface area (TPSA) is 78.3 Å². The van der Waals surface area contributed by atoms with Crippen molar-refractivity contribution in [3.8, 4) is 5.75 Å². The van der Waals surface area contributed by atoms with Gasteiger partial charge in [0.05, 0.1) is 5.56 Å². The molecular formula is C10H13ClN2O2. The van der Waals surface area contributed by atoms with Crippen LogP contribution in [0.1, 0.15) is 17.3 Å². The Morgan fingerprint density at radius 1 is 1.60 bits per heavy atom. The van der Waals surface area contributed by atoms with Crippen LogP contribution in [0.2, 0.25) is 5.02 Å². The minimum atomic E-state index is -0.572. The van der Waals surface area contributed by atoms with Crippen LogP contribution in [0.3, 0.4) is 0 Å². The predicted octanol–water partition coefficient (Wildman–Crippen LogP) is 1.16. The molecule has 5 heteroatoms.